The maximum Gasteiger partial charge on any atom is 0.223 e. The Kier molecular flexibility index (Phi) is 1.89. The molecule has 88 valence electrons. The summed E-state index contributed by atoms with van der Waals surface area (Å²) in [4.78, 5) is 23.1. The van der Waals surface area contributed by atoms with Gasteiger partial charge in [-0.1, -0.05) is 0 Å². The highest BCUT2D eigenvalue weighted by Crippen LogP contribution is 2.61. The molecule has 0 aromatic carbocycles. The summed E-state index contributed by atoms with van der Waals surface area (Å²) in [7, 11) is 0. The SMILES string of the molecule is NC(=O)C1C2CC3CC1CC(C(N)=O)(C3)C2. The van der Waals surface area contributed by atoms with E-state index in [9.17, 15) is 9.59 Å². The maximum atomic E-state index is 11.6. The summed E-state index contributed by atoms with van der Waals surface area (Å²) in [6.07, 6.45) is 4.67. The molecule has 2 amide bonds. The Morgan fingerprint density at radius 1 is 1.00 bits per heavy atom. The standard InChI is InChI=1S/C12H18N2O2/c13-10(15)9-7-1-6-2-8(9)5-12(3-6,4-7)11(14)16/h6-9H,1-5H2,(H2,13,15)(H2,14,16). The Balaban J connectivity index is 1.95. The van der Waals surface area contributed by atoms with Gasteiger partial charge in [-0.25, -0.2) is 0 Å². The van der Waals surface area contributed by atoms with E-state index in [4.69, 9.17) is 11.5 Å². The number of hydrogen-bond donors (Lipinski definition) is 2. The van der Waals surface area contributed by atoms with Gasteiger partial charge in [0.15, 0.2) is 0 Å². The zero-order valence-corrected chi connectivity index (χ0v) is 9.32. The number of rotatable bonds is 2. The number of primary amides is 2. The van der Waals surface area contributed by atoms with E-state index in [1.54, 1.807) is 0 Å². The molecule has 4 N–H and O–H groups in total. The van der Waals surface area contributed by atoms with E-state index in [1.807, 2.05) is 0 Å². The summed E-state index contributed by atoms with van der Waals surface area (Å²) >= 11 is 0. The van der Waals surface area contributed by atoms with E-state index in [1.165, 1.54) is 0 Å². The van der Waals surface area contributed by atoms with Gasteiger partial charge >= 0.3 is 0 Å². The summed E-state index contributed by atoms with van der Waals surface area (Å²) in [5.41, 5.74) is 10.7. The van der Waals surface area contributed by atoms with Gasteiger partial charge in [0.1, 0.15) is 0 Å². The van der Waals surface area contributed by atoms with Crippen LogP contribution in [0.2, 0.25) is 0 Å². The lowest BCUT2D eigenvalue weighted by Crippen LogP contribution is -2.58. The number of carbonyl (C=O) groups is 2. The maximum absolute atomic E-state index is 11.6. The van der Waals surface area contributed by atoms with Crippen LogP contribution in [-0.2, 0) is 9.59 Å². The highest BCUT2D eigenvalue weighted by molar-refractivity contribution is 5.83. The summed E-state index contributed by atoms with van der Waals surface area (Å²) in [6.45, 7) is 0. The second-order valence-corrected chi connectivity index (χ2v) is 6.04. The zero-order valence-electron chi connectivity index (χ0n) is 9.32. The summed E-state index contributed by atoms with van der Waals surface area (Å²) in [6, 6.07) is 0. The van der Waals surface area contributed by atoms with Gasteiger partial charge in [0.2, 0.25) is 11.8 Å². The normalized spacial score (nSPS) is 49.2. The van der Waals surface area contributed by atoms with Gasteiger partial charge in [-0.15, -0.1) is 0 Å². The lowest BCUT2D eigenvalue weighted by atomic mass is 9.46. The van der Waals surface area contributed by atoms with Crippen molar-refractivity contribution in [1.29, 1.82) is 0 Å². The molecule has 0 aromatic rings. The molecule has 0 saturated heterocycles. The molecule has 0 aliphatic heterocycles. The van der Waals surface area contributed by atoms with Crippen LogP contribution in [0.3, 0.4) is 0 Å². The highest BCUT2D eigenvalue weighted by atomic mass is 16.1. The molecule has 16 heavy (non-hydrogen) atoms. The number of hydrogen-bond acceptors (Lipinski definition) is 2. The smallest absolute Gasteiger partial charge is 0.223 e. The first-order chi connectivity index (χ1) is 7.52. The molecule has 0 aromatic heterocycles. The van der Waals surface area contributed by atoms with E-state index < -0.39 is 0 Å². The average Bonchev–Trinajstić information content (AvgIpc) is 2.14. The van der Waals surface area contributed by atoms with Crippen LogP contribution >= 0.6 is 0 Å². The molecule has 4 aliphatic rings. The third-order valence-corrected chi connectivity index (χ3v) is 5.12. The molecule has 0 spiro atoms. The molecule has 2 atom stereocenters. The van der Waals surface area contributed by atoms with Gasteiger partial charge in [0.05, 0.1) is 0 Å². The Bertz CT molecular complexity index is 350. The van der Waals surface area contributed by atoms with Gasteiger partial charge in [-0.3, -0.25) is 9.59 Å². The minimum atomic E-state index is -0.303. The quantitative estimate of drug-likeness (QED) is 0.708. The highest BCUT2D eigenvalue weighted by Gasteiger charge is 2.58. The number of amides is 2. The number of nitrogens with two attached hydrogens (primary N) is 2. The van der Waals surface area contributed by atoms with Crippen molar-refractivity contribution in [2.24, 2.45) is 40.6 Å². The lowest BCUT2D eigenvalue weighted by molar-refractivity contribution is -0.157. The van der Waals surface area contributed by atoms with Crippen molar-refractivity contribution < 1.29 is 9.59 Å². The van der Waals surface area contributed by atoms with Crippen molar-refractivity contribution in [3.05, 3.63) is 0 Å². The third kappa shape index (κ3) is 1.16. The van der Waals surface area contributed by atoms with Crippen molar-refractivity contribution in [2.45, 2.75) is 32.1 Å². The first-order valence-electron chi connectivity index (χ1n) is 6.11. The predicted octanol–water partition coefficient (Wildman–Crippen LogP) is 0.399. The van der Waals surface area contributed by atoms with E-state index >= 15 is 0 Å². The van der Waals surface area contributed by atoms with E-state index in [-0.39, 0.29) is 23.1 Å². The van der Waals surface area contributed by atoms with Crippen molar-refractivity contribution >= 4 is 11.8 Å². The first-order valence-corrected chi connectivity index (χ1v) is 6.11. The second-order valence-electron chi connectivity index (χ2n) is 6.04. The van der Waals surface area contributed by atoms with Gasteiger partial charge in [0, 0.05) is 11.3 Å². The van der Waals surface area contributed by atoms with Crippen LogP contribution in [0.4, 0.5) is 0 Å². The Morgan fingerprint density at radius 2 is 1.56 bits per heavy atom. The summed E-state index contributed by atoms with van der Waals surface area (Å²) in [5, 5.41) is 0. The van der Waals surface area contributed by atoms with E-state index in [0.717, 1.165) is 32.1 Å². The topological polar surface area (TPSA) is 86.2 Å². The molecule has 0 radical (unpaired) electrons. The average molecular weight is 222 g/mol. The van der Waals surface area contributed by atoms with Crippen molar-refractivity contribution in [3.8, 4) is 0 Å². The summed E-state index contributed by atoms with van der Waals surface area (Å²) in [5.74, 6) is 0.903. The largest absolute Gasteiger partial charge is 0.369 e. The van der Waals surface area contributed by atoms with Crippen LogP contribution in [0.1, 0.15) is 32.1 Å². The molecule has 0 heterocycles. The second kappa shape index (κ2) is 2.99. The van der Waals surface area contributed by atoms with Crippen LogP contribution in [0, 0.1) is 29.1 Å². The van der Waals surface area contributed by atoms with Gasteiger partial charge in [-0.05, 0) is 49.9 Å². The molecule has 4 rings (SSSR count). The monoisotopic (exact) mass is 222 g/mol. The fraction of sp³-hybridized carbons (Fsp3) is 0.833. The molecular formula is C12H18N2O2. The van der Waals surface area contributed by atoms with Gasteiger partial charge in [0.25, 0.3) is 0 Å². The molecule has 4 nitrogen and oxygen atoms in total. The lowest BCUT2D eigenvalue weighted by Gasteiger charge is -2.58. The molecule has 4 fully saturated rings. The zero-order chi connectivity index (χ0) is 11.5. The molecule has 4 aliphatic carbocycles. The van der Waals surface area contributed by atoms with Crippen molar-refractivity contribution in [1.82, 2.24) is 0 Å². The third-order valence-electron chi connectivity index (χ3n) is 5.12. The van der Waals surface area contributed by atoms with Crippen LogP contribution in [-0.4, -0.2) is 11.8 Å². The van der Waals surface area contributed by atoms with Gasteiger partial charge in [-0.2, -0.15) is 0 Å². The Hall–Kier alpha value is -1.06. The molecule has 4 bridgehead atoms. The van der Waals surface area contributed by atoms with Crippen LogP contribution in [0.25, 0.3) is 0 Å². The minimum absolute atomic E-state index is 0.00373. The van der Waals surface area contributed by atoms with E-state index in [0.29, 0.717) is 17.8 Å². The van der Waals surface area contributed by atoms with Crippen LogP contribution < -0.4 is 11.5 Å². The fourth-order valence-electron chi connectivity index (χ4n) is 4.79. The first kappa shape index (κ1) is 10.1. The minimum Gasteiger partial charge on any atom is -0.369 e. The van der Waals surface area contributed by atoms with Crippen LogP contribution in [0.15, 0.2) is 0 Å². The van der Waals surface area contributed by atoms with Crippen molar-refractivity contribution in [2.75, 3.05) is 0 Å². The molecule has 4 heteroatoms. The fourth-order valence-corrected chi connectivity index (χ4v) is 4.79. The predicted molar refractivity (Wildman–Crippen MR) is 57.9 cm³/mol. The van der Waals surface area contributed by atoms with Gasteiger partial charge < -0.3 is 11.5 Å². The van der Waals surface area contributed by atoms with E-state index in [2.05, 4.69) is 0 Å². The summed E-state index contributed by atoms with van der Waals surface area (Å²) < 4.78 is 0. The number of carbonyl (C=O) groups excluding carboxylic acids is 2. The van der Waals surface area contributed by atoms with Crippen LogP contribution in [0.5, 0.6) is 0 Å². The Morgan fingerprint density at radius 3 is 2.00 bits per heavy atom. The molecule has 4 saturated carbocycles. The molecule has 2 unspecified atom stereocenters. The Labute approximate surface area is 94.7 Å². The van der Waals surface area contributed by atoms with Crippen molar-refractivity contribution in [3.63, 3.8) is 0 Å². The molecular weight excluding hydrogens is 204 g/mol.